The first-order chi connectivity index (χ1) is 14.3. The lowest BCUT2D eigenvalue weighted by atomic mass is 10.1. The number of carbonyl (C=O) groups is 3. The van der Waals surface area contributed by atoms with Gasteiger partial charge in [0.15, 0.2) is 11.5 Å². The fraction of sp³-hybridized carbons (Fsp3) is 0.238. The first-order valence-electron chi connectivity index (χ1n) is 9.21. The molecule has 30 heavy (non-hydrogen) atoms. The number of pyridine rings is 1. The Bertz CT molecular complexity index is 1020. The fourth-order valence-electron chi connectivity index (χ4n) is 2.77. The predicted octanol–water partition coefficient (Wildman–Crippen LogP) is 3.70. The summed E-state index contributed by atoms with van der Waals surface area (Å²) in [7, 11) is 1.50. The zero-order valence-corrected chi connectivity index (χ0v) is 18.2. The Balaban J connectivity index is 2.00. The highest BCUT2D eigenvalue weighted by Crippen LogP contribution is 2.38. The lowest BCUT2D eigenvalue weighted by Gasteiger charge is -2.26. The molecule has 0 spiro atoms. The Labute approximate surface area is 182 Å². The SMILES string of the molecule is CC[C@@H](C)Oc1c(Br)cc(/C=C2\C(=O)NC(=O)N(c3ccncc3)C2=O)cc1OC. The monoisotopic (exact) mass is 473 g/mol. The highest BCUT2D eigenvalue weighted by Gasteiger charge is 2.36. The average molecular weight is 474 g/mol. The number of hydrogen-bond acceptors (Lipinski definition) is 6. The summed E-state index contributed by atoms with van der Waals surface area (Å²) < 4.78 is 11.9. The third-order valence-corrected chi connectivity index (χ3v) is 5.07. The molecule has 8 nitrogen and oxygen atoms in total. The Kier molecular flexibility index (Phi) is 6.51. The van der Waals surface area contributed by atoms with Crippen LogP contribution < -0.4 is 19.7 Å². The summed E-state index contributed by atoms with van der Waals surface area (Å²) >= 11 is 3.46. The molecule has 0 saturated carbocycles. The molecule has 1 aromatic heterocycles. The largest absolute Gasteiger partial charge is 0.493 e. The number of barbiturate groups is 1. The fourth-order valence-corrected chi connectivity index (χ4v) is 3.33. The molecule has 1 fully saturated rings. The van der Waals surface area contributed by atoms with Gasteiger partial charge < -0.3 is 9.47 Å². The second kappa shape index (κ2) is 9.08. The number of hydrogen-bond donors (Lipinski definition) is 1. The molecule has 0 unspecified atom stereocenters. The van der Waals surface area contributed by atoms with Gasteiger partial charge in [0, 0.05) is 12.4 Å². The number of nitrogens with one attached hydrogen (secondary N) is 1. The molecule has 1 aromatic carbocycles. The van der Waals surface area contributed by atoms with Gasteiger partial charge in [0.2, 0.25) is 0 Å². The van der Waals surface area contributed by atoms with Crippen LogP contribution in [0, 0.1) is 0 Å². The maximum Gasteiger partial charge on any atom is 0.335 e. The van der Waals surface area contributed by atoms with Crippen LogP contribution in [0.25, 0.3) is 6.08 Å². The normalized spacial score (nSPS) is 16.5. The maximum absolute atomic E-state index is 12.9. The van der Waals surface area contributed by atoms with E-state index in [2.05, 4.69) is 26.2 Å². The van der Waals surface area contributed by atoms with Crippen LogP contribution >= 0.6 is 15.9 Å². The summed E-state index contributed by atoms with van der Waals surface area (Å²) in [5.41, 5.74) is 0.649. The number of carbonyl (C=O) groups excluding carboxylic acids is 3. The molecule has 1 saturated heterocycles. The Morgan fingerprint density at radius 3 is 2.57 bits per heavy atom. The van der Waals surface area contributed by atoms with Crippen molar-refractivity contribution in [2.24, 2.45) is 0 Å². The smallest absolute Gasteiger partial charge is 0.335 e. The predicted molar refractivity (Wildman–Crippen MR) is 114 cm³/mol. The van der Waals surface area contributed by atoms with Gasteiger partial charge in [0.1, 0.15) is 5.57 Å². The van der Waals surface area contributed by atoms with Crippen molar-refractivity contribution in [1.82, 2.24) is 10.3 Å². The molecule has 0 bridgehead atoms. The van der Waals surface area contributed by atoms with E-state index in [0.29, 0.717) is 27.2 Å². The Morgan fingerprint density at radius 2 is 1.93 bits per heavy atom. The van der Waals surface area contributed by atoms with Crippen molar-refractivity contribution in [3.63, 3.8) is 0 Å². The first kappa shape index (κ1) is 21.5. The average Bonchev–Trinajstić information content (AvgIpc) is 2.73. The second-order valence-electron chi connectivity index (χ2n) is 6.53. The van der Waals surface area contributed by atoms with Gasteiger partial charge in [-0.15, -0.1) is 0 Å². The summed E-state index contributed by atoms with van der Waals surface area (Å²) in [6.07, 6.45) is 5.10. The third-order valence-electron chi connectivity index (χ3n) is 4.48. The molecule has 9 heteroatoms. The molecule has 4 amide bonds. The molecule has 156 valence electrons. The van der Waals surface area contributed by atoms with Crippen molar-refractivity contribution in [2.75, 3.05) is 12.0 Å². The number of nitrogens with zero attached hydrogens (tertiary/aromatic N) is 2. The second-order valence-corrected chi connectivity index (χ2v) is 7.39. The zero-order chi connectivity index (χ0) is 21.8. The van der Waals surface area contributed by atoms with E-state index in [1.165, 1.54) is 37.7 Å². The van der Waals surface area contributed by atoms with E-state index in [9.17, 15) is 14.4 Å². The van der Waals surface area contributed by atoms with E-state index in [-0.39, 0.29) is 11.7 Å². The van der Waals surface area contributed by atoms with Crippen LogP contribution in [0.2, 0.25) is 0 Å². The molecule has 1 atom stereocenters. The van der Waals surface area contributed by atoms with Crippen molar-refractivity contribution in [1.29, 1.82) is 0 Å². The molecule has 1 aliphatic rings. The van der Waals surface area contributed by atoms with Gasteiger partial charge in [-0.25, -0.2) is 9.69 Å². The topological polar surface area (TPSA) is 97.8 Å². The highest BCUT2D eigenvalue weighted by atomic mass is 79.9. The van der Waals surface area contributed by atoms with Crippen LogP contribution in [0.4, 0.5) is 10.5 Å². The molecular formula is C21H20BrN3O5. The minimum absolute atomic E-state index is 0.0231. The first-order valence-corrected chi connectivity index (χ1v) is 10.0. The van der Waals surface area contributed by atoms with Crippen LogP contribution in [0.1, 0.15) is 25.8 Å². The summed E-state index contributed by atoms with van der Waals surface area (Å²) in [5.74, 6) is -0.528. The van der Waals surface area contributed by atoms with Crippen molar-refractivity contribution in [2.45, 2.75) is 26.4 Å². The number of methoxy groups -OCH3 is 1. The van der Waals surface area contributed by atoms with Crippen molar-refractivity contribution in [3.8, 4) is 11.5 Å². The van der Waals surface area contributed by atoms with Gasteiger partial charge in [-0.3, -0.25) is 19.9 Å². The molecule has 1 aliphatic heterocycles. The number of anilines is 1. The number of imide groups is 2. The lowest BCUT2D eigenvalue weighted by molar-refractivity contribution is -0.122. The van der Waals surface area contributed by atoms with E-state index >= 15 is 0 Å². The standard InChI is InChI=1S/C21H20BrN3O5/c1-4-12(2)30-18-16(22)10-13(11-17(18)29-3)9-15-19(26)24-21(28)25(20(15)27)14-5-7-23-8-6-14/h5-12H,4H2,1-3H3,(H,24,26,28)/b15-9+/t12-/m1/s1. The van der Waals surface area contributed by atoms with Crippen molar-refractivity contribution in [3.05, 3.63) is 52.3 Å². The van der Waals surface area contributed by atoms with Crippen molar-refractivity contribution >= 4 is 45.5 Å². The number of rotatable bonds is 6. The van der Waals surface area contributed by atoms with Gasteiger partial charge in [0.25, 0.3) is 11.8 Å². The summed E-state index contributed by atoms with van der Waals surface area (Å²) in [6, 6.07) is 5.56. The van der Waals surface area contributed by atoms with E-state index in [0.717, 1.165) is 11.3 Å². The van der Waals surface area contributed by atoms with Crippen LogP contribution in [-0.2, 0) is 9.59 Å². The van der Waals surface area contributed by atoms with Crippen LogP contribution in [0.5, 0.6) is 11.5 Å². The number of halogens is 1. The highest BCUT2D eigenvalue weighted by molar-refractivity contribution is 9.10. The minimum Gasteiger partial charge on any atom is -0.493 e. The van der Waals surface area contributed by atoms with Crippen LogP contribution in [-0.4, -0.2) is 36.0 Å². The number of aromatic nitrogens is 1. The van der Waals surface area contributed by atoms with Crippen LogP contribution in [0.3, 0.4) is 0 Å². The van der Waals surface area contributed by atoms with E-state index in [1.54, 1.807) is 12.1 Å². The van der Waals surface area contributed by atoms with Gasteiger partial charge in [-0.2, -0.15) is 0 Å². The molecule has 2 aromatic rings. The molecule has 3 rings (SSSR count). The molecule has 0 radical (unpaired) electrons. The number of benzene rings is 1. The maximum atomic E-state index is 12.9. The van der Waals surface area contributed by atoms with E-state index in [4.69, 9.17) is 9.47 Å². The lowest BCUT2D eigenvalue weighted by Crippen LogP contribution is -2.54. The molecular weight excluding hydrogens is 454 g/mol. The molecule has 2 heterocycles. The Morgan fingerprint density at radius 1 is 1.23 bits per heavy atom. The van der Waals surface area contributed by atoms with Gasteiger partial charge in [-0.1, -0.05) is 6.92 Å². The zero-order valence-electron chi connectivity index (χ0n) is 16.6. The van der Waals surface area contributed by atoms with E-state index in [1.807, 2.05) is 13.8 Å². The summed E-state index contributed by atoms with van der Waals surface area (Å²) in [4.78, 5) is 42.3. The molecule has 0 aliphatic carbocycles. The summed E-state index contributed by atoms with van der Waals surface area (Å²) in [6.45, 7) is 3.95. The van der Waals surface area contributed by atoms with Crippen molar-refractivity contribution < 1.29 is 23.9 Å². The van der Waals surface area contributed by atoms with Gasteiger partial charge in [0.05, 0.1) is 23.4 Å². The van der Waals surface area contributed by atoms with E-state index < -0.39 is 17.8 Å². The summed E-state index contributed by atoms with van der Waals surface area (Å²) in [5, 5.41) is 2.19. The number of amides is 4. The minimum atomic E-state index is -0.815. The van der Waals surface area contributed by atoms with Gasteiger partial charge in [-0.05, 0) is 65.2 Å². The quantitative estimate of drug-likeness (QED) is 0.507. The molecule has 1 N–H and O–H groups in total. The Hall–Kier alpha value is -3.20. The third kappa shape index (κ3) is 4.35. The number of urea groups is 1. The number of ether oxygens (including phenoxy) is 2. The van der Waals surface area contributed by atoms with Gasteiger partial charge >= 0.3 is 6.03 Å². The van der Waals surface area contributed by atoms with Crippen LogP contribution in [0.15, 0.2) is 46.7 Å².